The largest absolute Gasteiger partial charge is 0.451 e. The van der Waals surface area contributed by atoms with Gasteiger partial charge in [0.1, 0.15) is 5.58 Å². The molecule has 0 spiro atoms. The lowest BCUT2D eigenvalue weighted by Crippen LogP contribution is -2.22. The third-order valence-corrected chi connectivity index (χ3v) is 3.54. The number of para-hydroxylation sites is 1. The number of furan rings is 1. The Morgan fingerprint density at radius 3 is 2.57 bits per heavy atom. The number of rotatable bonds is 3. The summed E-state index contributed by atoms with van der Waals surface area (Å²) >= 11 is 0. The van der Waals surface area contributed by atoms with Gasteiger partial charge in [0.2, 0.25) is 0 Å². The fraction of sp³-hybridized carbons (Fsp3) is 0.167. The molecule has 21 heavy (non-hydrogen) atoms. The second-order valence-electron chi connectivity index (χ2n) is 5.27. The van der Waals surface area contributed by atoms with Crippen LogP contribution in [0.15, 0.2) is 52.9 Å². The number of hydrogen-bond acceptors (Lipinski definition) is 2. The summed E-state index contributed by atoms with van der Waals surface area (Å²) in [6, 6.07) is 15.8. The van der Waals surface area contributed by atoms with Crippen LogP contribution < -0.4 is 5.32 Å². The number of fused-ring (bicyclic) bond motifs is 1. The summed E-state index contributed by atoms with van der Waals surface area (Å²) in [6.45, 7) is 4.51. The molecule has 0 fully saturated rings. The van der Waals surface area contributed by atoms with Crippen molar-refractivity contribution in [1.29, 1.82) is 0 Å². The minimum absolute atomic E-state index is 0.189. The van der Waals surface area contributed by atoms with Crippen molar-refractivity contribution in [1.82, 2.24) is 5.32 Å². The average molecular weight is 279 g/mol. The highest BCUT2D eigenvalue weighted by atomic mass is 16.3. The van der Waals surface area contributed by atoms with Crippen molar-refractivity contribution in [3.05, 3.63) is 71.0 Å². The van der Waals surface area contributed by atoms with E-state index < -0.39 is 0 Å². The molecule has 0 aliphatic heterocycles. The van der Waals surface area contributed by atoms with Gasteiger partial charge in [-0.2, -0.15) is 0 Å². The topological polar surface area (TPSA) is 42.2 Å². The van der Waals surface area contributed by atoms with Gasteiger partial charge in [-0.25, -0.2) is 0 Å². The molecule has 1 N–H and O–H groups in total. The highest BCUT2D eigenvalue weighted by molar-refractivity contribution is 5.96. The Kier molecular flexibility index (Phi) is 3.48. The Hall–Kier alpha value is -2.55. The molecule has 3 rings (SSSR count). The second-order valence-corrected chi connectivity index (χ2v) is 5.27. The molecule has 1 aromatic heterocycles. The van der Waals surface area contributed by atoms with Gasteiger partial charge in [0.15, 0.2) is 5.76 Å². The molecule has 0 saturated carbocycles. The molecule has 2 aromatic carbocycles. The Morgan fingerprint density at radius 2 is 1.86 bits per heavy atom. The van der Waals surface area contributed by atoms with Crippen molar-refractivity contribution in [3.63, 3.8) is 0 Å². The molecule has 0 radical (unpaired) electrons. The number of amides is 1. The first kappa shape index (κ1) is 13.4. The Balaban J connectivity index is 1.75. The molecular formula is C18H17NO2. The Bertz CT molecular complexity index is 785. The zero-order chi connectivity index (χ0) is 14.8. The van der Waals surface area contributed by atoms with E-state index in [1.807, 2.05) is 56.3 Å². The number of carbonyl (C=O) groups excluding carboxylic acids is 1. The van der Waals surface area contributed by atoms with E-state index in [0.29, 0.717) is 12.3 Å². The van der Waals surface area contributed by atoms with Gasteiger partial charge in [-0.15, -0.1) is 0 Å². The van der Waals surface area contributed by atoms with E-state index >= 15 is 0 Å². The van der Waals surface area contributed by atoms with Crippen molar-refractivity contribution < 1.29 is 9.21 Å². The fourth-order valence-corrected chi connectivity index (χ4v) is 2.30. The first-order valence-electron chi connectivity index (χ1n) is 6.96. The lowest BCUT2D eigenvalue weighted by atomic mass is 10.1. The molecule has 1 heterocycles. The molecule has 3 heteroatoms. The zero-order valence-corrected chi connectivity index (χ0v) is 12.1. The van der Waals surface area contributed by atoms with E-state index in [9.17, 15) is 4.79 Å². The third kappa shape index (κ3) is 2.82. The van der Waals surface area contributed by atoms with Crippen LogP contribution in [0.5, 0.6) is 0 Å². The highest BCUT2D eigenvalue weighted by Crippen LogP contribution is 2.22. The lowest BCUT2D eigenvalue weighted by molar-refractivity contribution is 0.0925. The zero-order valence-electron chi connectivity index (χ0n) is 12.1. The number of hydrogen-bond donors (Lipinski definition) is 1. The van der Waals surface area contributed by atoms with E-state index in [0.717, 1.165) is 22.1 Å². The van der Waals surface area contributed by atoms with E-state index in [1.54, 1.807) is 6.07 Å². The highest BCUT2D eigenvalue weighted by Gasteiger charge is 2.12. The predicted molar refractivity (Wildman–Crippen MR) is 83.3 cm³/mol. The monoisotopic (exact) mass is 279 g/mol. The molecule has 106 valence electrons. The third-order valence-electron chi connectivity index (χ3n) is 3.54. The standard InChI is InChI=1S/C18H17NO2/c1-12-6-8-14(9-7-12)11-19-18(20)16-10-15-5-3-4-13(2)17(15)21-16/h3-10H,11H2,1-2H3,(H,19,20). The van der Waals surface area contributed by atoms with Crippen LogP contribution in [0.1, 0.15) is 27.2 Å². The van der Waals surface area contributed by atoms with Crippen molar-refractivity contribution in [3.8, 4) is 0 Å². The van der Waals surface area contributed by atoms with Crippen molar-refractivity contribution >= 4 is 16.9 Å². The van der Waals surface area contributed by atoms with Gasteiger partial charge in [-0.05, 0) is 31.0 Å². The van der Waals surface area contributed by atoms with Crippen molar-refractivity contribution in [2.75, 3.05) is 0 Å². The maximum absolute atomic E-state index is 12.2. The first-order valence-corrected chi connectivity index (χ1v) is 6.96. The van der Waals surface area contributed by atoms with Crippen LogP contribution in [-0.4, -0.2) is 5.91 Å². The molecule has 0 atom stereocenters. The van der Waals surface area contributed by atoms with Gasteiger partial charge in [-0.3, -0.25) is 4.79 Å². The van der Waals surface area contributed by atoms with Crippen LogP contribution in [0.2, 0.25) is 0 Å². The Labute approximate surface area is 123 Å². The summed E-state index contributed by atoms with van der Waals surface area (Å²) in [5.41, 5.74) is 4.09. The quantitative estimate of drug-likeness (QED) is 0.788. The van der Waals surface area contributed by atoms with Crippen molar-refractivity contribution in [2.45, 2.75) is 20.4 Å². The van der Waals surface area contributed by atoms with E-state index in [2.05, 4.69) is 5.32 Å². The number of aryl methyl sites for hydroxylation is 2. The summed E-state index contributed by atoms with van der Waals surface area (Å²) in [4.78, 5) is 12.2. The first-order chi connectivity index (χ1) is 10.1. The van der Waals surface area contributed by atoms with E-state index in [4.69, 9.17) is 4.42 Å². The molecule has 0 bridgehead atoms. The van der Waals surface area contributed by atoms with Crippen LogP contribution in [0, 0.1) is 13.8 Å². The summed E-state index contributed by atoms with van der Waals surface area (Å²) in [5, 5.41) is 3.84. The average Bonchev–Trinajstić information content (AvgIpc) is 2.92. The molecule has 3 aromatic rings. The van der Waals surface area contributed by atoms with Gasteiger partial charge in [-0.1, -0.05) is 48.0 Å². The molecule has 0 aliphatic rings. The van der Waals surface area contributed by atoms with Gasteiger partial charge < -0.3 is 9.73 Å². The second kappa shape index (κ2) is 5.44. The van der Waals surface area contributed by atoms with Gasteiger partial charge >= 0.3 is 0 Å². The molecule has 0 saturated heterocycles. The van der Waals surface area contributed by atoms with Crippen LogP contribution in [-0.2, 0) is 6.54 Å². The van der Waals surface area contributed by atoms with Gasteiger partial charge in [0.25, 0.3) is 5.91 Å². The van der Waals surface area contributed by atoms with Gasteiger partial charge in [0, 0.05) is 11.9 Å². The molecule has 3 nitrogen and oxygen atoms in total. The maximum Gasteiger partial charge on any atom is 0.287 e. The van der Waals surface area contributed by atoms with Crippen LogP contribution in [0.4, 0.5) is 0 Å². The minimum atomic E-state index is -0.189. The number of benzene rings is 2. The SMILES string of the molecule is Cc1ccc(CNC(=O)c2cc3cccc(C)c3o2)cc1. The molecule has 0 aliphatic carbocycles. The number of nitrogens with one attached hydrogen (secondary N) is 1. The van der Waals surface area contributed by atoms with Crippen molar-refractivity contribution in [2.24, 2.45) is 0 Å². The van der Waals surface area contributed by atoms with Gasteiger partial charge in [0.05, 0.1) is 0 Å². The van der Waals surface area contributed by atoms with Crippen LogP contribution in [0.3, 0.4) is 0 Å². The molecular weight excluding hydrogens is 262 g/mol. The summed E-state index contributed by atoms with van der Waals surface area (Å²) in [6.07, 6.45) is 0. The minimum Gasteiger partial charge on any atom is -0.451 e. The van der Waals surface area contributed by atoms with Crippen LogP contribution in [0.25, 0.3) is 11.0 Å². The predicted octanol–water partition coefficient (Wildman–Crippen LogP) is 3.98. The Morgan fingerprint density at radius 1 is 1.10 bits per heavy atom. The molecule has 1 amide bonds. The fourth-order valence-electron chi connectivity index (χ4n) is 2.30. The maximum atomic E-state index is 12.2. The smallest absolute Gasteiger partial charge is 0.287 e. The van der Waals surface area contributed by atoms with E-state index in [1.165, 1.54) is 5.56 Å². The number of carbonyl (C=O) groups is 1. The summed E-state index contributed by atoms with van der Waals surface area (Å²) < 4.78 is 5.66. The van der Waals surface area contributed by atoms with E-state index in [-0.39, 0.29) is 5.91 Å². The summed E-state index contributed by atoms with van der Waals surface area (Å²) in [5.74, 6) is 0.164. The van der Waals surface area contributed by atoms with Crippen LogP contribution >= 0.6 is 0 Å². The summed E-state index contributed by atoms with van der Waals surface area (Å²) in [7, 11) is 0. The normalized spacial score (nSPS) is 10.8. The lowest BCUT2D eigenvalue weighted by Gasteiger charge is -2.03. The molecule has 0 unspecified atom stereocenters.